The van der Waals surface area contributed by atoms with Crippen LogP contribution in [0.15, 0.2) is 35.7 Å². The fourth-order valence-corrected chi connectivity index (χ4v) is 2.15. The molecule has 0 aliphatic carbocycles. The zero-order valence-corrected chi connectivity index (χ0v) is 9.98. The van der Waals surface area contributed by atoms with E-state index in [9.17, 15) is 0 Å². The summed E-state index contributed by atoms with van der Waals surface area (Å²) in [5.41, 5.74) is 1.41. The molecule has 0 atom stereocenters. The van der Waals surface area contributed by atoms with Crippen molar-refractivity contribution in [1.82, 2.24) is 0 Å². The van der Waals surface area contributed by atoms with Gasteiger partial charge in [0.25, 0.3) is 0 Å². The zero-order chi connectivity index (χ0) is 11.4. The molecule has 0 aliphatic heterocycles. The van der Waals surface area contributed by atoms with Gasteiger partial charge in [0.15, 0.2) is 0 Å². The average Bonchev–Trinajstić information content (AvgIpc) is 2.81. The molecule has 0 unspecified atom stereocenters. The van der Waals surface area contributed by atoms with Crippen LogP contribution in [0.3, 0.4) is 0 Å². The van der Waals surface area contributed by atoms with Crippen LogP contribution >= 0.6 is 22.9 Å². The molecule has 2 rings (SSSR count). The second-order valence-electron chi connectivity index (χ2n) is 3.24. The third-order valence-corrected chi connectivity index (χ3v) is 3.33. The zero-order valence-electron chi connectivity index (χ0n) is 8.40. The predicted molar refractivity (Wildman–Crippen MR) is 67.8 cm³/mol. The van der Waals surface area contributed by atoms with Gasteiger partial charge >= 0.3 is 0 Å². The van der Waals surface area contributed by atoms with E-state index in [-0.39, 0.29) is 0 Å². The highest BCUT2D eigenvalue weighted by Gasteiger charge is 2.02. The molecular weight excluding hydrogens is 240 g/mol. The van der Waals surface area contributed by atoms with Gasteiger partial charge in [-0.2, -0.15) is 5.26 Å². The van der Waals surface area contributed by atoms with Crippen molar-refractivity contribution in [2.45, 2.75) is 6.54 Å². The van der Waals surface area contributed by atoms with Crippen molar-refractivity contribution in [1.29, 1.82) is 5.26 Å². The van der Waals surface area contributed by atoms with Crippen LogP contribution < -0.4 is 5.32 Å². The number of thiophene rings is 1. The standard InChI is InChI=1S/C12H9ClN2S/c13-11-4-3-9(7-14)6-12(11)15-8-10-2-1-5-16-10/h1-6,15H,8H2. The minimum Gasteiger partial charge on any atom is -0.379 e. The Morgan fingerprint density at radius 2 is 2.25 bits per heavy atom. The minimum absolute atomic E-state index is 0.609. The molecule has 2 aromatic rings. The first-order chi connectivity index (χ1) is 7.79. The summed E-state index contributed by atoms with van der Waals surface area (Å²) in [7, 11) is 0. The fraction of sp³-hybridized carbons (Fsp3) is 0.0833. The summed E-state index contributed by atoms with van der Waals surface area (Å²) in [5, 5.41) is 14.7. The summed E-state index contributed by atoms with van der Waals surface area (Å²) in [5.74, 6) is 0. The molecule has 0 spiro atoms. The third kappa shape index (κ3) is 2.54. The molecule has 0 bridgehead atoms. The smallest absolute Gasteiger partial charge is 0.0992 e. The van der Waals surface area contributed by atoms with Gasteiger partial charge in [-0.05, 0) is 29.6 Å². The SMILES string of the molecule is N#Cc1ccc(Cl)c(NCc2cccs2)c1. The van der Waals surface area contributed by atoms with Crippen LogP contribution in [0.5, 0.6) is 0 Å². The van der Waals surface area contributed by atoms with Gasteiger partial charge in [0.05, 0.1) is 22.3 Å². The monoisotopic (exact) mass is 248 g/mol. The molecule has 1 aromatic heterocycles. The summed E-state index contributed by atoms with van der Waals surface area (Å²) < 4.78 is 0. The van der Waals surface area contributed by atoms with E-state index >= 15 is 0 Å². The summed E-state index contributed by atoms with van der Waals surface area (Å²) in [4.78, 5) is 1.23. The third-order valence-electron chi connectivity index (χ3n) is 2.13. The number of nitriles is 1. The van der Waals surface area contributed by atoms with Crippen molar-refractivity contribution in [3.8, 4) is 6.07 Å². The highest BCUT2D eigenvalue weighted by molar-refractivity contribution is 7.09. The Bertz CT molecular complexity index is 514. The predicted octanol–water partition coefficient (Wildman–Crippen LogP) is 3.89. The Morgan fingerprint density at radius 1 is 1.38 bits per heavy atom. The van der Waals surface area contributed by atoms with E-state index in [2.05, 4.69) is 17.5 Å². The van der Waals surface area contributed by atoms with Gasteiger partial charge in [0, 0.05) is 11.4 Å². The molecule has 1 heterocycles. The normalized spacial score (nSPS) is 9.75. The van der Waals surface area contributed by atoms with Crippen molar-refractivity contribution in [2.24, 2.45) is 0 Å². The Kier molecular flexibility index (Phi) is 3.45. The van der Waals surface area contributed by atoms with E-state index in [1.807, 2.05) is 11.4 Å². The number of hydrogen-bond donors (Lipinski definition) is 1. The van der Waals surface area contributed by atoms with E-state index in [4.69, 9.17) is 16.9 Å². The molecule has 0 saturated heterocycles. The summed E-state index contributed by atoms with van der Waals surface area (Å²) in [6, 6.07) is 11.4. The molecule has 16 heavy (non-hydrogen) atoms. The van der Waals surface area contributed by atoms with Gasteiger partial charge < -0.3 is 5.32 Å². The molecule has 0 radical (unpaired) electrons. The van der Waals surface area contributed by atoms with Crippen LogP contribution in [-0.4, -0.2) is 0 Å². The van der Waals surface area contributed by atoms with Crippen molar-refractivity contribution >= 4 is 28.6 Å². The molecule has 0 aliphatic rings. The number of hydrogen-bond acceptors (Lipinski definition) is 3. The topological polar surface area (TPSA) is 35.8 Å². The Hall–Kier alpha value is -1.50. The lowest BCUT2D eigenvalue weighted by Crippen LogP contribution is -1.98. The second kappa shape index (κ2) is 5.02. The van der Waals surface area contributed by atoms with Crippen LogP contribution in [0.1, 0.15) is 10.4 Å². The number of halogens is 1. The number of benzene rings is 1. The lowest BCUT2D eigenvalue weighted by molar-refractivity contribution is 1.19. The van der Waals surface area contributed by atoms with Crippen molar-refractivity contribution < 1.29 is 0 Å². The van der Waals surface area contributed by atoms with Gasteiger partial charge in [-0.25, -0.2) is 0 Å². The first kappa shape index (κ1) is 11.0. The van der Waals surface area contributed by atoms with Crippen molar-refractivity contribution in [3.05, 3.63) is 51.2 Å². The van der Waals surface area contributed by atoms with Gasteiger partial charge in [-0.3, -0.25) is 0 Å². The number of nitrogens with one attached hydrogen (secondary N) is 1. The first-order valence-corrected chi connectivity index (χ1v) is 6.01. The number of rotatable bonds is 3. The molecule has 2 nitrogen and oxygen atoms in total. The average molecular weight is 249 g/mol. The molecular formula is C12H9ClN2S. The van der Waals surface area contributed by atoms with Crippen LogP contribution in [0.4, 0.5) is 5.69 Å². The quantitative estimate of drug-likeness (QED) is 0.895. The molecule has 4 heteroatoms. The van der Waals surface area contributed by atoms with Crippen LogP contribution in [0.25, 0.3) is 0 Å². The first-order valence-electron chi connectivity index (χ1n) is 4.75. The fourth-order valence-electron chi connectivity index (χ4n) is 1.33. The molecule has 1 N–H and O–H groups in total. The van der Waals surface area contributed by atoms with Crippen LogP contribution in [-0.2, 0) is 6.54 Å². The lowest BCUT2D eigenvalue weighted by atomic mass is 10.2. The maximum absolute atomic E-state index is 8.79. The molecule has 0 saturated carbocycles. The molecule has 0 fully saturated rings. The van der Waals surface area contributed by atoms with E-state index in [0.717, 1.165) is 12.2 Å². The van der Waals surface area contributed by atoms with Gasteiger partial charge in [-0.1, -0.05) is 17.7 Å². The van der Waals surface area contributed by atoms with Gasteiger partial charge in [0.1, 0.15) is 0 Å². The van der Waals surface area contributed by atoms with Gasteiger partial charge in [-0.15, -0.1) is 11.3 Å². The number of anilines is 1. The maximum Gasteiger partial charge on any atom is 0.0992 e. The Balaban J connectivity index is 2.12. The van der Waals surface area contributed by atoms with Crippen LogP contribution in [0, 0.1) is 11.3 Å². The molecule has 1 aromatic carbocycles. The molecule has 0 amide bonds. The summed E-state index contributed by atoms with van der Waals surface area (Å²) in [6.45, 7) is 0.728. The van der Waals surface area contributed by atoms with E-state index in [0.29, 0.717) is 10.6 Å². The Morgan fingerprint density at radius 3 is 2.94 bits per heavy atom. The van der Waals surface area contributed by atoms with Gasteiger partial charge in [0.2, 0.25) is 0 Å². The minimum atomic E-state index is 0.609. The van der Waals surface area contributed by atoms with Crippen molar-refractivity contribution in [2.75, 3.05) is 5.32 Å². The summed E-state index contributed by atoms with van der Waals surface area (Å²) in [6.07, 6.45) is 0. The summed E-state index contributed by atoms with van der Waals surface area (Å²) >= 11 is 7.71. The van der Waals surface area contributed by atoms with E-state index in [1.54, 1.807) is 29.5 Å². The van der Waals surface area contributed by atoms with Crippen LogP contribution in [0.2, 0.25) is 5.02 Å². The highest BCUT2D eigenvalue weighted by atomic mass is 35.5. The van der Waals surface area contributed by atoms with E-state index in [1.165, 1.54) is 4.88 Å². The number of nitrogens with zero attached hydrogens (tertiary/aromatic N) is 1. The largest absolute Gasteiger partial charge is 0.379 e. The molecule has 80 valence electrons. The Labute approximate surface area is 103 Å². The lowest BCUT2D eigenvalue weighted by Gasteiger charge is -2.07. The second-order valence-corrected chi connectivity index (χ2v) is 4.68. The maximum atomic E-state index is 8.79. The van der Waals surface area contributed by atoms with Crippen molar-refractivity contribution in [3.63, 3.8) is 0 Å². The highest BCUT2D eigenvalue weighted by Crippen LogP contribution is 2.23. The van der Waals surface area contributed by atoms with E-state index < -0.39 is 0 Å².